The summed E-state index contributed by atoms with van der Waals surface area (Å²) in [5.74, 6) is -2.25. The maximum Gasteiger partial charge on any atom is 0.311 e. The summed E-state index contributed by atoms with van der Waals surface area (Å²) < 4.78 is 5.07. The Kier molecular flexibility index (Phi) is 6.74. The number of halogens is 2. The van der Waals surface area contributed by atoms with Gasteiger partial charge in [0, 0.05) is 24.2 Å². The Balaban J connectivity index is 1.53. The number of ether oxygens (including phenoxy) is 1. The van der Waals surface area contributed by atoms with E-state index in [0.717, 1.165) is 0 Å². The van der Waals surface area contributed by atoms with E-state index in [0.29, 0.717) is 22.0 Å². The highest BCUT2D eigenvalue weighted by molar-refractivity contribution is 6.44. The first kappa shape index (κ1) is 21.8. The van der Waals surface area contributed by atoms with Crippen molar-refractivity contribution in [2.45, 2.75) is 13.3 Å². The lowest BCUT2D eigenvalue weighted by Crippen LogP contribution is -2.28. The van der Waals surface area contributed by atoms with Gasteiger partial charge in [0.25, 0.3) is 5.91 Å². The third-order valence-corrected chi connectivity index (χ3v) is 5.41. The van der Waals surface area contributed by atoms with Crippen LogP contribution in [0.1, 0.15) is 23.7 Å². The summed E-state index contributed by atoms with van der Waals surface area (Å²) >= 11 is 12.2. The third kappa shape index (κ3) is 4.98. The highest BCUT2D eigenvalue weighted by atomic mass is 35.5. The van der Waals surface area contributed by atoms with Crippen LogP contribution in [0.4, 0.5) is 11.4 Å². The minimum absolute atomic E-state index is 0.0458. The maximum atomic E-state index is 12.3. The molecule has 0 unspecified atom stereocenters. The number of amides is 2. The summed E-state index contributed by atoms with van der Waals surface area (Å²) in [4.78, 5) is 49.3. The van der Waals surface area contributed by atoms with E-state index in [9.17, 15) is 19.2 Å². The molecule has 1 N–H and O–H groups in total. The lowest BCUT2D eigenvalue weighted by atomic mass is 10.1. The Morgan fingerprint density at radius 1 is 1.13 bits per heavy atom. The molecule has 2 aromatic carbocycles. The number of esters is 1. The molecule has 1 fully saturated rings. The number of carbonyl (C=O) groups is 4. The van der Waals surface area contributed by atoms with Crippen LogP contribution in [0.2, 0.25) is 10.0 Å². The van der Waals surface area contributed by atoms with Gasteiger partial charge in [0.05, 0.1) is 21.7 Å². The Hall–Kier alpha value is -2.90. The predicted molar refractivity (Wildman–Crippen MR) is 113 cm³/mol. The van der Waals surface area contributed by atoms with Gasteiger partial charge in [-0.05, 0) is 43.3 Å². The van der Waals surface area contributed by atoms with Crippen molar-refractivity contribution in [3.05, 3.63) is 58.1 Å². The molecule has 1 atom stereocenters. The molecule has 3 rings (SSSR count). The first-order valence-electron chi connectivity index (χ1n) is 9.08. The molecule has 1 saturated heterocycles. The molecule has 1 aliphatic rings. The second kappa shape index (κ2) is 9.28. The zero-order chi connectivity index (χ0) is 21.8. The summed E-state index contributed by atoms with van der Waals surface area (Å²) in [5, 5.41) is 3.11. The van der Waals surface area contributed by atoms with Crippen LogP contribution in [0.5, 0.6) is 0 Å². The minimum Gasteiger partial charge on any atom is -0.455 e. The zero-order valence-electron chi connectivity index (χ0n) is 16.0. The average molecular weight is 449 g/mol. The van der Waals surface area contributed by atoms with E-state index in [2.05, 4.69) is 5.32 Å². The average Bonchev–Trinajstić information content (AvgIpc) is 3.10. The van der Waals surface area contributed by atoms with E-state index in [1.165, 1.54) is 11.8 Å². The van der Waals surface area contributed by atoms with Gasteiger partial charge in [0.15, 0.2) is 12.4 Å². The quantitative estimate of drug-likeness (QED) is 0.536. The van der Waals surface area contributed by atoms with E-state index >= 15 is 0 Å². The molecule has 0 saturated carbocycles. The van der Waals surface area contributed by atoms with Crippen LogP contribution in [-0.4, -0.2) is 36.7 Å². The van der Waals surface area contributed by atoms with Crippen molar-refractivity contribution < 1.29 is 23.9 Å². The largest absolute Gasteiger partial charge is 0.455 e. The maximum absolute atomic E-state index is 12.3. The van der Waals surface area contributed by atoms with Crippen LogP contribution in [0, 0.1) is 5.92 Å². The van der Waals surface area contributed by atoms with Crippen molar-refractivity contribution in [3.63, 3.8) is 0 Å². The topological polar surface area (TPSA) is 92.8 Å². The second-order valence-corrected chi connectivity index (χ2v) is 7.55. The lowest BCUT2D eigenvalue weighted by molar-refractivity contribution is -0.151. The Morgan fingerprint density at radius 3 is 2.50 bits per heavy atom. The molecule has 0 bridgehead atoms. The first-order chi connectivity index (χ1) is 14.3. The highest BCUT2D eigenvalue weighted by Gasteiger charge is 2.37. The van der Waals surface area contributed by atoms with Gasteiger partial charge in [-0.2, -0.15) is 0 Å². The summed E-state index contributed by atoms with van der Waals surface area (Å²) in [6.07, 6.45) is -0.0458. The van der Waals surface area contributed by atoms with Crippen LogP contribution < -0.4 is 10.2 Å². The van der Waals surface area contributed by atoms with E-state index in [1.54, 1.807) is 42.5 Å². The number of nitrogens with zero attached hydrogens (tertiary/aromatic N) is 1. The normalized spacial score (nSPS) is 15.8. The number of Topliss-reactive ketones (excluding diaryl/α,β-unsaturated/α-hetero) is 1. The smallest absolute Gasteiger partial charge is 0.311 e. The Bertz CT molecular complexity index is 1010. The second-order valence-electron chi connectivity index (χ2n) is 6.77. The van der Waals surface area contributed by atoms with Crippen molar-refractivity contribution in [3.8, 4) is 0 Å². The monoisotopic (exact) mass is 448 g/mol. The van der Waals surface area contributed by atoms with Gasteiger partial charge < -0.3 is 15.0 Å². The number of carbonyl (C=O) groups excluding carboxylic acids is 4. The third-order valence-electron chi connectivity index (χ3n) is 4.60. The molecule has 7 nitrogen and oxygen atoms in total. The standard InChI is InChI=1S/C21H18Cl2N2O5/c1-12(26)13-5-7-15(8-6-13)24-18(27)11-30-21(29)14-9-19(28)25(10-14)17-4-2-3-16(22)20(17)23/h2-8,14H,9-11H2,1H3,(H,24,27)/t14-/m1/s1. The van der Waals surface area contributed by atoms with Crippen LogP contribution >= 0.6 is 23.2 Å². The van der Waals surface area contributed by atoms with Gasteiger partial charge in [0.1, 0.15) is 0 Å². The fourth-order valence-corrected chi connectivity index (χ4v) is 3.44. The summed E-state index contributed by atoms with van der Waals surface area (Å²) in [6.45, 7) is 1.05. The van der Waals surface area contributed by atoms with E-state index < -0.39 is 24.4 Å². The fraction of sp³-hybridized carbons (Fsp3) is 0.238. The molecule has 156 valence electrons. The SMILES string of the molecule is CC(=O)c1ccc(NC(=O)COC(=O)[C@@H]2CC(=O)N(c3cccc(Cl)c3Cl)C2)cc1. The molecule has 2 amide bonds. The molecule has 30 heavy (non-hydrogen) atoms. The lowest BCUT2D eigenvalue weighted by Gasteiger charge is -2.18. The van der Waals surface area contributed by atoms with Crippen molar-refractivity contribution in [2.75, 3.05) is 23.4 Å². The van der Waals surface area contributed by atoms with Gasteiger partial charge in [0.2, 0.25) is 5.91 Å². The van der Waals surface area contributed by atoms with Gasteiger partial charge in [-0.25, -0.2) is 0 Å². The van der Waals surface area contributed by atoms with Crippen molar-refractivity contribution in [1.82, 2.24) is 0 Å². The van der Waals surface area contributed by atoms with Gasteiger partial charge >= 0.3 is 5.97 Å². The predicted octanol–water partition coefficient (Wildman–Crippen LogP) is 3.73. The molecule has 1 heterocycles. The molecule has 2 aromatic rings. The number of hydrogen-bond donors (Lipinski definition) is 1. The summed E-state index contributed by atoms with van der Waals surface area (Å²) in [5.41, 5.74) is 1.42. The van der Waals surface area contributed by atoms with Crippen LogP contribution in [-0.2, 0) is 19.1 Å². The number of nitrogens with one attached hydrogen (secondary N) is 1. The van der Waals surface area contributed by atoms with E-state index in [-0.39, 0.29) is 29.7 Å². The molecule has 0 aliphatic carbocycles. The number of ketones is 1. The number of benzene rings is 2. The number of anilines is 2. The molecule has 9 heteroatoms. The van der Waals surface area contributed by atoms with Gasteiger partial charge in [-0.15, -0.1) is 0 Å². The van der Waals surface area contributed by atoms with E-state index in [1.807, 2.05) is 0 Å². The number of rotatable bonds is 6. The van der Waals surface area contributed by atoms with Gasteiger partial charge in [-0.1, -0.05) is 29.3 Å². The van der Waals surface area contributed by atoms with Gasteiger partial charge in [-0.3, -0.25) is 19.2 Å². The van der Waals surface area contributed by atoms with Crippen molar-refractivity contribution in [2.24, 2.45) is 5.92 Å². The molecule has 1 aliphatic heterocycles. The molecular weight excluding hydrogens is 431 g/mol. The highest BCUT2D eigenvalue weighted by Crippen LogP contribution is 2.35. The van der Waals surface area contributed by atoms with E-state index in [4.69, 9.17) is 27.9 Å². The Morgan fingerprint density at radius 2 is 1.83 bits per heavy atom. The first-order valence-corrected chi connectivity index (χ1v) is 9.83. The summed E-state index contributed by atoms with van der Waals surface area (Å²) in [6, 6.07) is 11.2. The molecule has 0 spiro atoms. The van der Waals surface area contributed by atoms with Crippen molar-refractivity contribution in [1.29, 1.82) is 0 Å². The molecular formula is C21H18Cl2N2O5. The zero-order valence-corrected chi connectivity index (χ0v) is 17.5. The number of hydrogen-bond acceptors (Lipinski definition) is 5. The molecule has 0 aromatic heterocycles. The van der Waals surface area contributed by atoms with Crippen molar-refractivity contribution >= 4 is 58.1 Å². The van der Waals surface area contributed by atoms with Crippen LogP contribution in [0.25, 0.3) is 0 Å². The fourth-order valence-electron chi connectivity index (χ4n) is 3.04. The minimum atomic E-state index is -0.713. The van der Waals surface area contributed by atoms with Crippen LogP contribution in [0.15, 0.2) is 42.5 Å². The Labute approximate surface area is 182 Å². The summed E-state index contributed by atoms with van der Waals surface area (Å²) in [7, 11) is 0. The van der Waals surface area contributed by atoms with Crippen LogP contribution in [0.3, 0.4) is 0 Å². The molecule has 0 radical (unpaired) electrons.